The lowest BCUT2D eigenvalue weighted by Crippen LogP contribution is -2.62. The van der Waals surface area contributed by atoms with E-state index in [9.17, 15) is 14.4 Å². The summed E-state index contributed by atoms with van der Waals surface area (Å²) < 4.78 is 10.3. The first-order valence-corrected chi connectivity index (χ1v) is 10.9. The standard InChI is InChI=1S/C23H30N2O5/c1-2-29-19(26)13-24-21(27)23-10-16-8-17(11-23)20(18(9-16)12-23)25-22(28)30-14-15-6-4-3-5-7-15/h3-7,16-18,20H,2,8-14H2,1H3,(H,24,27)(H,25,28). The maximum Gasteiger partial charge on any atom is 0.407 e. The van der Waals surface area contributed by atoms with Gasteiger partial charge in [-0.15, -0.1) is 0 Å². The minimum atomic E-state index is -0.422. The highest BCUT2D eigenvalue weighted by Gasteiger charge is 2.58. The number of ether oxygens (including phenoxy) is 2. The van der Waals surface area contributed by atoms with Crippen molar-refractivity contribution in [3.8, 4) is 0 Å². The second-order valence-electron chi connectivity index (χ2n) is 8.97. The summed E-state index contributed by atoms with van der Waals surface area (Å²) in [4.78, 5) is 37.0. The molecule has 4 aliphatic rings. The average Bonchev–Trinajstić information content (AvgIpc) is 2.73. The molecule has 4 saturated carbocycles. The predicted octanol–water partition coefficient (Wildman–Crippen LogP) is 2.79. The van der Waals surface area contributed by atoms with Crippen LogP contribution < -0.4 is 10.6 Å². The fourth-order valence-electron chi connectivity index (χ4n) is 5.99. The second-order valence-corrected chi connectivity index (χ2v) is 8.97. The zero-order valence-electron chi connectivity index (χ0n) is 17.4. The van der Waals surface area contributed by atoms with E-state index in [4.69, 9.17) is 9.47 Å². The molecule has 162 valence electrons. The zero-order valence-corrected chi connectivity index (χ0v) is 17.4. The normalized spacial score (nSPS) is 31.1. The Kier molecular flexibility index (Phi) is 5.97. The van der Waals surface area contributed by atoms with Gasteiger partial charge in [-0.3, -0.25) is 9.59 Å². The van der Waals surface area contributed by atoms with Crippen LogP contribution in [0.2, 0.25) is 0 Å². The Labute approximate surface area is 176 Å². The van der Waals surface area contributed by atoms with Gasteiger partial charge in [-0.25, -0.2) is 4.79 Å². The Morgan fingerprint density at radius 3 is 2.40 bits per heavy atom. The summed E-state index contributed by atoms with van der Waals surface area (Å²) >= 11 is 0. The number of amides is 2. The van der Waals surface area contributed by atoms with Crippen molar-refractivity contribution in [1.29, 1.82) is 0 Å². The molecule has 5 rings (SSSR count). The van der Waals surface area contributed by atoms with Gasteiger partial charge in [0.25, 0.3) is 0 Å². The molecule has 1 aromatic carbocycles. The minimum absolute atomic E-state index is 0.0416. The molecule has 0 aromatic heterocycles. The minimum Gasteiger partial charge on any atom is -0.465 e. The molecule has 0 spiro atoms. The molecule has 7 heteroatoms. The molecule has 4 aliphatic carbocycles. The maximum absolute atomic E-state index is 13.0. The maximum atomic E-state index is 13.0. The number of carbonyl (C=O) groups excluding carboxylic acids is 3. The Morgan fingerprint density at radius 2 is 1.73 bits per heavy atom. The molecule has 4 bridgehead atoms. The monoisotopic (exact) mass is 414 g/mol. The van der Waals surface area contributed by atoms with E-state index in [0.29, 0.717) is 12.5 Å². The van der Waals surface area contributed by atoms with Gasteiger partial charge >= 0.3 is 12.1 Å². The Morgan fingerprint density at radius 1 is 1.03 bits per heavy atom. The largest absolute Gasteiger partial charge is 0.465 e. The highest BCUT2D eigenvalue weighted by Crippen LogP contribution is 2.60. The number of esters is 1. The van der Waals surface area contributed by atoms with Gasteiger partial charge in [-0.2, -0.15) is 0 Å². The molecule has 30 heavy (non-hydrogen) atoms. The van der Waals surface area contributed by atoms with E-state index in [0.717, 1.165) is 37.7 Å². The number of carbonyl (C=O) groups is 3. The molecular formula is C23H30N2O5. The third-order valence-corrected chi connectivity index (χ3v) is 6.95. The lowest BCUT2D eigenvalue weighted by molar-refractivity contribution is -0.152. The molecule has 2 N–H and O–H groups in total. The summed E-state index contributed by atoms with van der Waals surface area (Å²) in [5.74, 6) is 0.605. The molecule has 0 heterocycles. The summed E-state index contributed by atoms with van der Waals surface area (Å²) in [6.07, 6.45) is 4.05. The van der Waals surface area contributed by atoms with Crippen LogP contribution in [0.3, 0.4) is 0 Å². The van der Waals surface area contributed by atoms with Crippen molar-refractivity contribution < 1.29 is 23.9 Å². The number of hydrogen-bond acceptors (Lipinski definition) is 5. The van der Waals surface area contributed by atoms with Crippen molar-refractivity contribution in [2.24, 2.45) is 23.2 Å². The summed E-state index contributed by atoms with van der Waals surface area (Å²) in [5.41, 5.74) is 0.532. The van der Waals surface area contributed by atoms with Gasteiger partial charge in [0, 0.05) is 6.04 Å². The van der Waals surface area contributed by atoms with Crippen molar-refractivity contribution in [2.75, 3.05) is 13.2 Å². The van der Waals surface area contributed by atoms with Gasteiger partial charge in [0.1, 0.15) is 13.2 Å². The lowest BCUT2D eigenvalue weighted by Gasteiger charge is -2.59. The van der Waals surface area contributed by atoms with E-state index in [2.05, 4.69) is 10.6 Å². The highest BCUT2D eigenvalue weighted by molar-refractivity contribution is 5.86. The third-order valence-electron chi connectivity index (χ3n) is 6.95. The fourth-order valence-corrected chi connectivity index (χ4v) is 5.99. The van der Waals surface area contributed by atoms with Crippen LogP contribution in [-0.4, -0.2) is 37.2 Å². The zero-order chi connectivity index (χ0) is 21.1. The topological polar surface area (TPSA) is 93.7 Å². The van der Waals surface area contributed by atoms with Gasteiger partial charge in [0.05, 0.1) is 12.0 Å². The van der Waals surface area contributed by atoms with E-state index in [1.807, 2.05) is 30.3 Å². The Balaban J connectivity index is 1.33. The molecule has 1 aromatic rings. The van der Waals surface area contributed by atoms with Crippen LogP contribution in [0.25, 0.3) is 0 Å². The first-order valence-electron chi connectivity index (χ1n) is 10.9. The second kappa shape index (κ2) is 8.66. The molecule has 2 amide bonds. The van der Waals surface area contributed by atoms with Crippen LogP contribution in [-0.2, 0) is 25.7 Å². The van der Waals surface area contributed by atoms with E-state index < -0.39 is 17.5 Å². The van der Waals surface area contributed by atoms with Gasteiger partial charge < -0.3 is 20.1 Å². The summed E-state index contributed by atoms with van der Waals surface area (Å²) in [5, 5.41) is 5.88. The number of hydrogen-bond donors (Lipinski definition) is 2. The molecule has 0 aliphatic heterocycles. The predicted molar refractivity (Wildman–Crippen MR) is 109 cm³/mol. The van der Waals surface area contributed by atoms with Gasteiger partial charge in [0.15, 0.2) is 0 Å². The Bertz CT molecular complexity index is 780. The summed E-state index contributed by atoms with van der Waals surface area (Å²) in [7, 11) is 0. The van der Waals surface area contributed by atoms with Crippen LogP contribution in [0.1, 0.15) is 44.6 Å². The molecule has 2 unspecified atom stereocenters. The quantitative estimate of drug-likeness (QED) is 0.669. The third kappa shape index (κ3) is 4.30. The van der Waals surface area contributed by atoms with Crippen molar-refractivity contribution >= 4 is 18.0 Å². The lowest BCUT2D eigenvalue weighted by atomic mass is 9.47. The van der Waals surface area contributed by atoms with Gasteiger partial charge in [0.2, 0.25) is 5.91 Å². The molecular weight excluding hydrogens is 384 g/mol. The summed E-state index contributed by atoms with van der Waals surface area (Å²) in [6, 6.07) is 9.66. The number of rotatable bonds is 7. The smallest absolute Gasteiger partial charge is 0.407 e. The molecule has 0 saturated heterocycles. The number of nitrogens with one attached hydrogen (secondary N) is 2. The van der Waals surface area contributed by atoms with Gasteiger partial charge in [-0.05, 0) is 62.3 Å². The van der Waals surface area contributed by atoms with Crippen molar-refractivity contribution in [1.82, 2.24) is 10.6 Å². The van der Waals surface area contributed by atoms with Crippen LogP contribution in [0, 0.1) is 23.2 Å². The van der Waals surface area contributed by atoms with Crippen molar-refractivity contribution in [3.63, 3.8) is 0 Å². The van der Waals surface area contributed by atoms with Crippen LogP contribution >= 0.6 is 0 Å². The number of benzene rings is 1. The molecule has 0 radical (unpaired) electrons. The van der Waals surface area contributed by atoms with E-state index in [1.54, 1.807) is 6.92 Å². The van der Waals surface area contributed by atoms with E-state index >= 15 is 0 Å². The molecule has 4 fully saturated rings. The van der Waals surface area contributed by atoms with E-state index in [1.165, 1.54) is 0 Å². The van der Waals surface area contributed by atoms with Crippen LogP contribution in [0.5, 0.6) is 0 Å². The average molecular weight is 415 g/mol. The first-order chi connectivity index (χ1) is 14.5. The van der Waals surface area contributed by atoms with E-state index in [-0.39, 0.29) is 36.9 Å². The highest BCUT2D eigenvalue weighted by atomic mass is 16.5. The number of alkyl carbamates (subject to hydrolysis) is 1. The van der Waals surface area contributed by atoms with Crippen LogP contribution in [0.15, 0.2) is 30.3 Å². The van der Waals surface area contributed by atoms with Crippen LogP contribution in [0.4, 0.5) is 4.79 Å². The summed E-state index contributed by atoms with van der Waals surface area (Å²) in [6.45, 7) is 2.22. The molecule has 7 nitrogen and oxygen atoms in total. The van der Waals surface area contributed by atoms with Gasteiger partial charge in [-0.1, -0.05) is 30.3 Å². The molecule has 2 atom stereocenters. The first kappa shape index (κ1) is 20.7. The fraction of sp³-hybridized carbons (Fsp3) is 0.609. The SMILES string of the molecule is CCOC(=O)CNC(=O)C12CC3CC(C1)C(NC(=O)OCc1ccccc1)C(C3)C2. The Hall–Kier alpha value is -2.57. The van der Waals surface area contributed by atoms with Crippen molar-refractivity contribution in [2.45, 2.75) is 51.7 Å². The van der Waals surface area contributed by atoms with Crippen molar-refractivity contribution in [3.05, 3.63) is 35.9 Å².